The first kappa shape index (κ1) is 15.5. The maximum atomic E-state index is 12.0. The van der Waals surface area contributed by atoms with Crippen molar-refractivity contribution in [1.29, 1.82) is 0 Å². The van der Waals surface area contributed by atoms with E-state index in [1.54, 1.807) is 0 Å². The van der Waals surface area contributed by atoms with Crippen LogP contribution in [0.25, 0.3) is 0 Å². The van der Waals surface area contributed by atoms with Gasteiger partial charge in [-0.15, -0.1) is 0 Å². The van der Waals surface area contributed by atoms with E-state index in [1.807, 2.05) is 0 Å². The number of hydrogen-bond donors (Lipinski definition) is 2. The van der Waals surface area contributed by atoms with E-state index in [4.69, 9.17) is 5.73 Å². The number of carbonyl (C=O) groups is 1. The van der Waals surface area contributed by atoms with Gasteiger partial charge in [0.05, 0.1) is 0 Å². The predicted molar refractivity (Wildman–Crippen MR) is 76.2 cm³/mol. The quantitative estimate of drug-likeness (QED) is 0.716. The molecular weight excluding hydrogens is 224 g/mol. The van der Waals surface area contributed by atoms with Crippen LogP contribution in [0.5, 0.6) is 0 Å². The Morgan fingerprint density at radius 3 is 2.67 bits per heavy atom. The van der Waals surface area contributed by atoms with Gasteiger partial charge in [-0.2, -0.15) is 0 Å². The van der Waals surface area contributed by atoms with E-state index in [9.17, 15) is 4.79 Å². The predicted octanol–water partition coefficient (Wildman–Crippen LogP) is 2.69. The molecule has 0 aromatic heterocycles. The highest BCUT2D eigenvalue weighted by atomic mass is 16.1. The van der Waals surface area contributed by atoms with E-state index in [-0.39, 0.29) is 11.8 Å². The minimum absolute atomic E-state index is 0.121. The van der Waals surface area contributed by atoms with E-state index in [2.05, 4.69) is 26.1 Å². The van der Waals surface area contributed by atoms with Crippen molar-refractivity contribution in [2.24, 2.45) is 23.5 Å². The molecule has 106 valence electrons. The van der Waals surface area contributed by atoms with Gasteiger partial charge in [0.25, 0.3) is 0 Å². The summed E-state index contributed by atoms with van der Waals surface area (Å²) in [6.45, 7) is 7.31. The second kappa shape index (κ2) is 7.78. The normalized spacial score (nSPS) is 26.1. The molecule has 0 aromatic rings. The molecule has 0 aromatic carbocycles. The smallest absolute Gasteiger partial charge is 0.223 e. The van der Waals surface area contributed by atoms with Crippen LogP contribution in [0, 0.1) is 17.8 Å². The second-order valence-corrected chi connectivity index (χ2v) is 6.30. The summed E-state index contributed by atoms with van der Waals surface area (Å²) in [6, 6.07) is 0.306. The molecule has 0 saturated heterocycles. The van der Waals surface area contributed by atoms with Gasteiger partial charge in [0.15, 0.2) is 0 Å². The molecule has 0 radical (unpaired) electrons. The first-order valence-corrected chi connectivity index (χ1v) is 7.54. The summed E-state index contributed by atoms with van der Waals surface area (Å²) in [5, 5.41) is 3.07. The summed E-state index contributed by atoms with van der Waals surface area (Å²) in [5.74, 6) is 1.54. The highest BCUT2D eigenvalue weighted by Crippen LogP contribution is 2.29. The van der Waals surface area contributed by atoms with Crippen molar-refractivity contribution >= 4 is 5.91 Å². The molecule has 3 nitrogen and oxygen atoms in total. The molecule has 1 fully saturated rings. The van der Waals surface area contributed by atoms with Crippen molar-refractivity contribution < 1.29 is 4.79 Å². The van der Waals surface area contributed by atoms with Gasteiger partial charge in [-0.1, -0.05) is 27.2 Å². The van der Waals surface area contributed by atoms with Gasteiger partial charge in [-0.25, -0.2) is 0 Å². The molecule has 1 aliphatic carbocycles. The van der Waals surface area contributed by atoms with Crippen LogP contribution in [-0.4, -0.2) is 18.5 Å². The van der Waals surface area contributed by atoms with Crippen molar-refractivity contribution in [2.75, 3.05) is 6.54 Å². The standard InChI is InChI=1S/C15H30N2O/c1-11(2)6-5-9-17-15(18)12(3)13-7-4-8-14(16)10-13/h11-14H,4-10,16H2,1-3H3,(H,17,18). The largest absolute Gasteiger partial charge is 0.356 e. The van der Waals surface area contributed by atoms with Crippen LogP contribution in [-0.2, 0) is 4.79 Å². The molecule has 0 aliphatic heterocycles. The Morgan fingerprint density at radius 1 is 1.33 bits per heavy atom. The minimum atomic E-state index is 0.121. The Bertz CT molecular complexity index is 253. The second-order valence-electron chi connectivity index (χ2n) is 6.30. The third kappa shape index (κ3) is 5.38. The van der Waals surface area contributed by atoms with Crippen LogP contribution >= 0.6 is 0 Å². The van der Waals surface area contributed by atoms with Gasteiger partial charge in [0.1, 0.15) is 0 Å². The van der Waals surface area contributed by atoms with Gasteiger partial charge in [0, 0.05) is 18.5 Å². The van der Waals surface area contributed by atoms with Crippen molar-refractivity contribution in [3.63, 3.8) is 0 Å². The van der Waals surface area contributed by atoms with Gasteiger partial charge >= 0.3 is 0 Å². The summed E-state index contributed by atoms with van der Waals surface area (Å²) in [7, 11) is 0. The van der Waals surface area contributed by atoms with Gasteiger partial charge in [-0.05, 0) is 43.9 Å². The third-order valence-corrected chi connectivity index (χ3v) is 4.13. The van der Waals surface area contributed by atoms with Crippen LogP contribution in [0.15, 0.2) is 0 Å². The fourth-order valence-corrected chi connectivity index (χ4v) is 2.82. The lowest BCUT2D eigenvalue weighted by atomic mass is 9.78. The Hall–Kier alpha value is -0.570. The van der Waals surface area contributed by atoms with E-state index < -0.39 is 0 Å². The average Bonchev–Trinajstić information content (AvgIpc) is 2.33. The Balaban J connectivity index is 2.23. The summed E-state index contributed by atoms with van der Waals surface area (Å²) < 4.78 is 0. The maximum absolute atomic E-state index is 12.0. The lowest BCUT2D eigenvalue weighted by Gasteiger charge is -2.30. The SMILES string of the molecule is CC(C)CCCNC(=O)C(C)C1CCCC(N)C1. The number of amides is 1. The molecule has 18 heavy (non-hydrogen) atoms. The summed E-state index contributed by atoms with van der Waals surface area (Å²) >= 11 is 0. The van der Waals surface area contributed by atoms with Crippen LogP contribution in [0.1, 0.15) is 59.3 Å². The molecular formula is C15H30N2O. The maximum Gasteiger partial charge on any atom is 0.223 e. The molecule has 0 bridgehead atoms. The zero-order valence-electron chi connectivity index (χ0n) is 12.2. The number of nitrogens with two attached hydrogens (primary N) is 1. The van der Waals surface area contributed by atoms with Crippen LogP contribution in [0.3, 0.4) is 0 Å². The number of rotatable bonds is 6. The zero-order valence-corrected chi connectivity index (χ0v) is 12.2. The molecule has 1 amide bonds. The summed E-state index contributed by atoms with van der Waals surface area (Å²) in [4.78, 5) is 12.0. The molecule has 3 N–H and O–H groups in total. The molecule has 0 spiro atoms. The fraction of sp³-hybridized carbons (Fsp3) is 0.933. The number of hydrogen-bond acceptors (Lipinski definition) is 2. The van der Waals surface area contributed by atoms with Crippen LogP contribution < -0.4 is 11.1 Å². The zero-order chi connectivity index (χ0) is 13.5. The van der Waals surface area contributed by atoms with E-state index in [0.717, 1.165) is 38.1 Å². The van der Waals surface area contributed by atoms with Crippen LogP contribution in [0.2, 0.25) is 0 Å². The third-order valence-electron chi connectivity index (χ3n) is 4.13. The first-order chi connectivity index (χ1) is 8.50. The van der Waals surface area contributed by atoms with Crippen molar-refractivity contribution in [3.05, 3.63) is 0 Å². The fourth-order valence-electron chi connectivity index (χ4n) is 2.82. The number of carbonyl (C=O) groups excluding carboxylic acids is 1. The van der Waals surface area contributed by atoms with Crippen molar-refractivity contribution in [2.45, 2.75) is 65.3 Å². The van der Waals surface area contributed by atoms with Gasteiger partial charge < -0.3 is 11.1 Å². The topological polar surface area (TPSA) is 55.1 Å². The highest BCUT2D eigenvalue weighted by molar-refractivity contribution is 5.78. The number of nitrogens with one attached hydrogen (secondary N) is 1. The van der Waals surface area contributed by atoms with E-state index in [1.165, 1.54) is 12.8 Å². The molecule has 1 aliphatic rings. The molecule has 3 heteroatoms. The van der Waals surface area contributed by atoms with E-state index in [0.29, 0.717) is 12.0 Å². The summed E-state index contributed by atoms with van der Waals surface area (Å²) in [6.07, 6.45) is 6.74. The average molecular weight is 254 g/mol. The summed E-state index contributed by atoms with van der Waals surface area (Å²) in [5.41, 5.74) is 5.99. The molecule has 1 saturated carbocycles. The molecule has 0 heterocycles. The Kier molecular flexibility index (Phi) is 6.69. The van der Waals surface area contributed by atoms with Crippen molar-refractivity contribution in [3.8, 4) is 0 Å². The lowest BCUT2D eigenvalue weighted by molar-refractivity contribution is -0.126. The Morgan fingerprint density at radius 2 is 2.06 bits per heavy atom. The first-order valence-electron chi connectivity index (χ1n) is 7.54. The minimum Gasteiger partial charge on any atom is -0.356 e. The molecule has 3 atom stereocenters. The van der Waals surface area contributed by atoms with Gasteiger partial charge in [0.2, 0.25) is 5.91 Å². The molecule has 1 rings (SSSR count). The Labute approximate surface area is 112 Å². The van der Waals surface area contributed by atoms with Gasteiger partial charge in [-0.3, -0.25) is 4.79 Å². The highest BCUT2D eigenvalue weighted by Gasteiger charge is 2.28. The van der Waals surface area contributed by atoms with E-state index >= 15 is 0 Å². The lowest BCUT2D eigenvalue weighted by Crippen LogP contribution is -2.38. The monoisotopic (exact) mass is 254 g/mol. The molecule has 3 unspecified atom stereocenters. The van der Waals surface area contributed by atoms with Crippen molar-refractivity contribution in [1.82, 2.24) is 5.32 Å². The van der Waals surface area contributed by atoms with Crippen LogP contribution in [0.4, 0.5) is 0 Å².